The number of carbonyl (C=O) groups is 2. The van der Waals surface area contributed by atoms with E-state index in [-0.39, 0.29) is 18.4 Å². The Hall–Kier alpha value is -3.25. The van der Waals surface area contributed by atoms with Crippen molar-refractivity contribution in [3.63, 3.8) is 0 Å². The van der Waals surface area contributed by atoms with Crippen LogP contribution in [-0.2, 0) is 16.1 Å². The lowest BCUT2D eigenvalue weighted by Crippen LogP contribution is -2.30. The largest absolute Gasteiger partial charge is 0.482 e. The zero-order chi connectivity index (χ0) is 20.8. The molecule has 0 aliphatic heterocycles. The second-order valence-corrected chi connectivity index (χ2v) is 6.93. The molecule has 2 amide bonds. The Morgan fingerprint density at radius 2 is 1.79 bits per heavy atom. The predicted molar refractivity (Wildman–Crippen MR) is 112 cm³/mol. The first kappa shape index (κ1) is 20.5. The van der Waals surface area contributed by atoms with Crippen LogP contribution in [0.3, 0.4) is 0 Å². The fourth-order valence-corrected chi connectivity index (χ4v) is 2.82. The summed E-state index contributed by atoms with van der Waals surface area (Å²) in [6.07, 6.45) is 0. The molecule has 0 aliphatic carbocycles. The minimum atomic E-state index is -0.216. The average molecular weight is 413 g/mol. The van der Waals surface area contributed by atoms with Gasteiger partial charge in [0.25, 0.3) is 5.91 Å². The molecule has 0 fully saturated rings. The van der Waals surface area contributed by atoms with Crippen LogP contribution in [0, 0.1) is 0 Å². The quantitative estimate of drug-likeness (QED) is 0.615. The molecule has 1 aromatic heterocycles. The number of nitrogens with one attached hydrogen (secondary N) is 1. The van der Waals surface area contributed by atoms with E-state index in [0.717, 1.165) is 5.56 Å². The summed E-state index contributed by atoms with van der Waals surface area (Å²) in [7, 11) is 1.68. The van der Waals surface area contributed by atoms with Crippen LogP contribution in [0.15, 0.2) is 65.1 Å². The molecule has 0 bridgehead atoms. The number of hydrogen-bond donors (Lipinski definition) is 1. The van der Waals surface area contributed by atoms with E-state index in [1.54, 1.807) is 43.4 Å². The Balaban J connectivity index is 1.58. The summed E-state index contributed by atoms with van der Waals surface area (Å²) in [5.74, 6) is 1.38. The first-order valence-electron chi connectivity index (χ1n) is 9.00. The molecule has 0 saturated carbocycles. The smallest absolute Gasteiger partial charge is 0.260 e. The third kappa shape index (κ3) is 5.62. The molecule has 3 aromatic rings. The summed E-state index contributed by atoms with van der Waals surface area (Å²) in [5.41, 5.74) is 1.43. The minimum Gasteiger partial charge on any atom is -0.482 e. The maximum atomic E-state index is 12.4. The highest BCUT2D eigenvalue weighted by atomic mass is 35.5. The first-order valence-corrected chi connectivity index (χ1v) is 9.38. The number of benzene rings is 2. The second kappa shape index (κ2) is 9.30. The summed E-state index contributed by atoms with van der Waals surface area (Å²) in [6.45, 7) is 1.57. The summed E-state index contributed by atoms with van der Waals surface area (Å²) in [4.78, 5) is 25.2. The molecule has 0 saturated heterocycles. The molecule has 0 radical (unpaired) electrons. The lowest BCUT2D eigenvalue weighted by Gasteiger charge is -2.17. The van der Waals surface area contributed by atoms with E-state index in [0.29, 0.717) is 34.5 Å². The van der Waals surface area contributed by atoms with Gasteiger partial charge >= 0.3 is 0 Å². The molecule has 2 aromatic carbocycles. The Labute approximate surface area is 174 Å². The molecule has 7 heteroatoms. The van der Waals surface area contributed by atoms with Crippen LogP contribution in [0.25, 0.3) is 11.3 Å². The SMILES string of the molecule is CC(=O)Nc1ccccc1OCC(=O)N(C)Cc1ccc(-c2ccc(Cl)cc2)o1. The topological polar surface area (TPSA) is 71.8 Å². The molecular formula is C22H21ClN2O4. The van der Waals surface area contributed by atoms with Crippen LogP contribution in [0.5, 0.6) is 5.75 Å². The number of ether oxygens (including phenoxy) is 1. The molecule has 150 valence electrons. The number of anilines is 1. The number of likely N-dealkylation sites (N-methyl/N-ethyl adjacent to an activating group) is 1. The molecule has 1 heterocycles. The number of furan rings is 1. The van der Waals surface area contributed by atoms with Gasteiger partial charge in [-0.3, -0.25) is 9.59 Å². The van der Waals surface area contributed by atoms with Gasteiger partial charge in [0.1, 0.15) is 17.3 Å². The Morgan fingerprint density at radius 3 is 2.52 bits per heavy atom. The van der Waals surface area contributed by atoms with Gasteiger partial charge in [-0.05, 0) is 48.5 Å². The van der Waals surface area contributed by atoms with Crippen LogP contribution in [0.1, 0.15) is 12.7 Å². The predicted octanol–water partition coefficient (Wildman–Crippen LogP) is 4.60. The maximum absolute atomic E-state index is 12.4. The summed E-state index contributed by atoms with van der Waals surface area (Å²) < 4.78 is 11.4. The number of para-hydroxylation sites is 2. The first-order chi connectivity index (χ1) is 13.9. The van der Waals surface area contributed by atoms with Crippen molar-refractivity contribution in [1.29, 1.82) is 0 Å². The third-order valence-electron chi connectivity index (χ3n) is 4.16. The van der Waals surface area contributed by atoms with Crippen LogP contribution in [0.2, 0.25) is 5.02 Å². The monoisotopic (exact) mass is 412 g/mol. The lowest BCUT2D eigenvalue weighted by molar-refractivity contribution is -0.132. The standard InChI is InChI=1S/C22H21ClN2O4/c1-15(26)24-19-5-3-4-6-21(19)28-14-22(27)25(2)13-18-11-12-20(29-18)16-7-9-17(23)10-8-16/h3-12H,13-14H2,1-2H3,(H,24,26). The van der Waals surface area contributed by atoms with Crippen molar-refractivity contribution in [2.24, 2.45) is 0 Å². The van der Waals surface area contributed by atoms with E-state index < -0.39 is 0 Å². The van der Waals surface area contributed by atoms with E-state index in [1.807, 2.05) is 24.3 Å². The Morgan fingerprint density at radius 1 is 1.07 bits per heavy atom. The van der Waals surface area contributed by atoms with Gasteiger partial charge in [-0.2, -0.15) is 0 Å². The number of hydrogen-bond acceptors (Lipinski definition) is 4. The highest BCUT2D eigenvalue weighted by Gasteiger charge is 2.14. The second-order valence-electron chi connectivity index (χ2n) is 6.49. The Bertz CT molecular complexity index is 998. The zero-order valence-corrected chi connectivity index (χ0v) is 16.9. The van der Waals surface area contributed by atoms with Crippen LogP contribution in [0.4, 0.5) is 5.69 Å². The molecule has 3 rings (SSSR count). The van der Waals surface area contributed by atoms with Crippen LogP contribution >= 0.6 is 11.6 Å². The number of amides is 2. The molecule has 6 nitrogen and oxygen atoms in total. The molecule has 0 spiro atoms. The number of carbonyl (C=O) groups excluding carboxylic acids is 2. The van der Waals surface area contributed by atoms with Gasteiger partial charge in [0.05, 0.1) is 12.2 Å². The fourth-order valence-electron chi connectivity index (χ4n) is 2.69. The summed E-state index contributed by atoms with van der Waals surface area (Å²) in [6, 6.07) is 18.0. The van der Waals surface area contributed by atoms with E-state index in [9.17, 15) is 9.59 Å². The zero-order valence-electron chi connectivity index (χ0n) is 16.1. The normalized spacial score (nSPS) is 10.4. The molecule has 29 heavy (non-hydrogen) atoms. The van der Waals surface area contributed by atoms with E-state index in [2.05, 4.69) is 5.32 Å². The van der Waals surface area contributed by atoms with Crippen molar-refractivity contribution in [3.05, 3.63) is 71.4 Å². The minimum absolute atomic E-state index is 0.155. The molecular weight excluding hydrogens is 392 g/mol. The maximum Gasteiger partial charge on any atom is 0.260 e. The van der Waals surface area contributed by atoms with Crippen molar-refractivity contribution in [2.75, 3.05) is 19.0 Å². The highest BCUT2D eigenvalue weighted by molar-refractivity contribution is 6.30. The van der Waals surface area contributed by atoms with Crippen LogP contribution < -0.4 is 10.1 Å². The van der Waals surface area contributed by atoms with Crippen molar-refractivity contribution < 1.29 is 18.7 Å². The number of rotatable bonds is 7. The summed E-state index contributed by atoms with van der Waals surface area (Å²) >= 11 is 5.91. The lowest BCUT2D eigenvalue weighted by atomic mass is 10.2. The molecule has 0 unspecified atom stereocenters. The van der Waals surface area contributed by atoms with Gasteiger partial charge in [0.15, 0.2) is 6.61 Å². The van der Waals surface area contributed by atoms with Crippen molar-refractivity contribution in [1.82, 2.24) is 4.90 Å². The van der Waals surface area contributed by atoms with Gasteiger partial charge in [0, 0.05) is 24.6 Å². The summed E-state index contributed by atoms with van der Waals surface area (Å²) in [5, 5.41) is 3.33. The highest BCUT2D eigenvalue weighted by Crippen LogP contribution is 2.25. The molecule has 1 N–H and O–H groups in total. The van der Waals surface area contributed by atoms with Gasteiger partial charge < -0.3 is 19.4 Å². The van der Waals surface area contributed by atoms with Crippen molar-refractivity contribution in [3.8, 4) is 17.1 Å². The van der Waals surface area contributed by atoms with E-state index >= 15 is 0 Å². The fraction of sp³-hybridized carbons (Fsp3) is 0.182. The van der Waals surface area contributed by atoms with Gasteiger partial charge in [-0.1, -0.05) is 23.7 Å². The van der Waals surface area contributed by atoms with E-state index in [4.69, 9.17) is 20.8 Å². The van der Waals surface area contributed by atoms with Gasteiger partial charge in [-0.25, -0.2) is 0 Å². The number of nitrogens with zero attached hydrogens (tertiary/aromatic N) is 1. The van der Waals surface area contributed by atoms with Crippen LogP contribution in [-0.4, -0.2) is 30.4 Å². The van der Waals surface area contributed by atoms with Crippen molar-refractivity contribution in [2.45, 2.75) is 13.5 Å². The third-order valence-corrected chi connectivity index (χ3v) is 4.41. The van der Waals surface area contributed by atoms with E-state index in [1.165, 1.54) is 11.8 Å². The Kier molecular flexibility index (Phi) is 6.57. The number of halogens is 1. The van der Waals surface area contributed by atoms with Gasteiger partial charge in [-0.15, -0.1) is 0 Å². The van der Waals surface area contributed by atoms with Crippen molar-refractivity contribution >= 4 is 29.1 Å². The molecule has 0 atom stereocenters. The van der Waals surface area contributed by atoms with Gasteiger partial charge in [0.2, 0.25) is 5.91 Å². The average Bonchev–Trinajstić information content (AvgIpc) is 3.15. The molecule has 0 aliphatic rings.